The first-order valence-electron chi connectivity index (χ1n) is 5.29. The number of carbonyl (C=O) groups excluding carboxylic acids is 1. The number of nitrogens with one attached hydrogen (secondary N) is 1. The summed E-state index contributed by atoms with van der Waals surface area (Å²) in [5, 5.41) is 0. The lowest BCUT2D eigenvalue weighted by atomic mass is 10.2. The van der Waals surface area contributed by atoms with Crippen LogP contribution < -0.4 is 5.48 Å². The van der Waals surface area contributed by atoms with Crippen LogP contribution in [0.15, 0.2) is 30.3 Å². The molecule has 0 spiro atoms. The lowest BCUT2D eigenvalue weighted by molar-refractivity contribution is -0.336. The average molecular weight is 239 g/mol. The minimum atomic E-state index is -0.689. The molecule has 0 aliphatic rings. The van der Waals surface area contributed by atoms with E-state index in [4.69, 9.17) is 9.62 Å². The zero-order valence-electron chi connectivity index (χ0n) is 10.2. The molecule has 94 valence electrons. The Morgan fingerprint density at radius 3 is 2.47 bits per heavy atom. The number of rotatable bonds is 4. The van der Waals surface area contributed by atoms with E-state index in [1.165, 1.54) is 0 Å². The molecule has 1 amide bonds. The van der Waals surface area contributed by atoms with Gasteiger partial charge in [0.05, 0.1) is 0 Å². The number of hydrogen-bond donors (Lipinski definition) is 1. The quantitative estimate of drug-likeness (QED) is 0.498. The van der Waals surface area contributed by atoms with Crippen molar-refractivity contribution < 1.29 is 19.4 Å². The van der Waals surface area contributed by atoms with Crippen molar-refractivity contribution in [2.45, 2.75) is 33.0 Å². The number of amides is 1. The third-order valence-electron chi connectivity index (χ3n) is 1.65. The maximum atomic E-state index is 11.1. The first-order valence-corrected chi connectivity index (χ1v) is 5.29. The van der Waals surface area contributed by atoms with Crippen molar-refractivity contribution in [1.82, 2.24) is 5.48 Å². The van der Waals surface area contributed by atoms with Crippen molar-refractivity contribution >= 4 is 6.09 Å². The summed E-state index contributed by atoms with van der Waals surface area (Å²) in [6.07, 6.45) is -0.689. The molecule has 5 nitrogen and oxygen atoms in total. The highest BCUT2D eigenvalue weighted by Crippen LogP contribution is 2.06. The van der Waals surface area contributed by atoms with E-state index in [1.54, 1.807) is 20.8 Å². The molecule has 1 aromatic carbocycles. The number of ether oxygens (including phenoxy) is 1. The Morgan fingerprint density at radius 1 is 1.24 bits per heavy atom. The highest BCUT2D eigenvalue weighted by atomic mass is 17.3. The van der Waals surface area contributed by atoms with Crippen LogP contribution in [0.25, 0.3) is 0 Å². The maximum Gasteiger partial charge on any atom is 0.434 e. The van der Waals surface area contributed by atoms with Gasteiger partial charge in [0, 0.05) is 0 Å². The summed E-state index contributed by atoms with van der Waals surface area (Å²) in [4.78, 5) is 20.4. The van der Waals surface area contributed by atoms with Crippen LogP contribution in [-0.2, 0) is 21.2 Å². The van der Waals surface area contributed by atoms with Gasteiger partial charge in [-0.2, -0.15) is 5.48 Å². The number of hydrogen-bond acceptors (Lipinski definition) is 4. The van der Waals surface area contributed by atoms with Gasteiger partial charge in [-0.25, -0.2) is 9.68 Å². The molecule has 0 radical (unpaired) electrons. The van der Waals surface area contributed by atoms with Crippen LogP contribution in [0.4, 0.5) is 4.79 Å². The van der Waals surface area contributed by atoms with E-state index in [2.05, 4.69) is 4.99 Å². The molecule has 0 heterocycles. The average Bonchev–Trinajstić information content (AvgIpc) is 2.23. The molecule has 0 unspecified atom stereocenters. The predicted molar refractivity (Wildman–Crippen MR) is 61.7 cm³/mol. The van der Waals surface area contributed by atoms with E-state index in [0.29, 0.717) is 0 Å². The van der Waals surface area contributed by atoms with Gasteiger partial charge in [-0.1, -0.05) is 30.3 Å². The zero-order valence-corrected chi connectivity index (χ0v) is 10.2. The summed E-state index contributed by atoms with van der Waals surface area (Å²) < 4.78 is 4.93. The van der Waals surface area contributed by atoms with Crippen LogP contribution in [0.5, 0.6) is 0 Å². The molecule has 17 heavy (non-hydrogen) atoms. The van der Waals surface area contributed by atoms with E-state index in [1.807, 2.05) is 35.8 Å². The van der Waals surface area contributed by atoms with E-state index in [9.17, 15) is 4.79 Å². The van der Waals surface area contributed by atoms with Crippen LogP contribution >= 0.6 is 0 Å². The predicted octanol–water partition coefficient (Wildman–Crippen LogP) is 2.57. The van der Waals surface area contributed by atoms with Crippen molar-refractivity contribution in [2.24, 2.45) is 0 Å². The Bertz CT molecular complexity index is 345. The lowest BCUT2D eigenvalue weighted by Gasteiger charge is -2.18. The lowest BCUT2D eigenvalue weighted by Crippen LogP contribution is -2.32. The van der Waals surface area contributed by atoms with Gasteiger partial charge in [-0.3, -0.25) is 0 Å². The number of benzene rings is 1. The zero-order chi connectivity index (χ0) is 12.7. The Balaban J connectivity index is 2.14. The molecule has 0 saturated heterocycles. The summed E-state index contributed by atoms with van der Waals surface area (Å²) in [6.45, 7) is 5.53. The number of hydroxylamine groups is 1. The second-order valence-corrected chi connectivity index (χ2v) is 4.44. The third kappa shape index (κ3) is 6.55. The molecule has 0 fully saturated rings. The van der Waals surface area contributed by atoms with Gasteiger partial charge >= 0.3 is 6.09 Å². The van der Waals surface area contributed by atoms with Gasteiger partial charge in [-0.15, -0.1) is 4.99 Å². The van der Waals surface area contributed by atoms with Crippen LogP contribution in [0, 0.1) is 0 Å². The van der Waals surface area contributed by atoms with Gasteiger partial charge in [0.25, 0.3) is 0 Å². The van der Waals surface area contributed by atoms with Gasteiger partial charge in [0.2, 0.25) is 0 Å². The molecule has 0 aromatic heterocycles. The van der Waals surface area contributed by atoms with Crippen LogP contribution in [0.1, 0.15) is 26.3 Å². The molecule has 1 rings (SSSR count). The first kappa shape index (κ1) is 13.5. The molecule has 0 bridgehead atoms. The molecular weight excluding hydrogens is 222 g/mol. The van der Waals surface area contributed by atoms with E-state index in [-0.39, 0.29) is 6.61 Å². The van der Waals surface area contributed by atoms with E-state index >= 15 is 0 Å². The van der Waals surface area contributed by atoms with Gasteiger partial charge in [-0.05, 0) is 26.3 Å². The second kappa shape index (κ2) is 6.22. The Kier molecular flexibility index (Phi) is 4.93. The van der Waals surface area contributed by atoms with Gasteiger partial charge < -0.3 is 4.74 Å². The molecular formula is C12H17NO4. The van der Waals surface area contributed by atoms with Crippen molar-refractivity contribution in [2.75, 3.05) is 0 Å². The molecule has 5 heteroatoms. The molecule has 1 N–H and O–H groups in total. The summed E-state index contributed by atoms with van der Waals surface area (Å²) >= 11 is 0. The fourth-order valence-electron chi connectivity index (χ4n) is 1.03. The van der Waals surface area contributed by atoms with Crippen molar-refractivity contribution in [1.29, 1.82) is 0 Å². The van der Waals surface area contributed by atoms with Crippen molar-refractivity contribution in [3.63, 3.8) is 0 Å². The standard InChI is InChI=1S/C12H17NO4/c1-12(2,3)16-11(14)13-17-15-9-10-7-5-4-6-8-10/h4-8H,9H2,1-3H3,(H,13,14). The molecule has 0 aliphatic heterocycles. The minimum Gasteiger partial charge on any atom is -0.442 e. The molecule has 0 saturated carbocycles. The van der Waals surface area contributed by atoms with Crippen LogP contribution in [0.2, 0.25) is 0 Å². The van der Waals surface area contributed by atoms with Crippen molar-refractivity contribution in [3.05, 3.63) is 35.9 Å². The van der Waals surface area contributed by atoms with Crippen molar-refractivity contribution in [3.8, 4) is 0 Å². The SMILES string of the molecule is CC(C)(C)OC(=O)NOOCc1ccccc1. The first-order chi connectivity index (χ1) is 7.97. The smallest absolute Gasteiger partial charge is 0.434 e. The van der Waals surface area contributed by atoms with Gasteiger partial charge in [0.15, 0.2) is 0 Å². The van der Waals surface area contributed by atoms with Gasteiger partial charge in [0.1, 0.15) is 12.2 Å². The fourth-order valence-corrected chi connectivity index (χ4v) is 1.03. The van der Waals surface area contributed by atoms with Crippen LogP contribution in [0.3, 0.4) is 0 Å². The highest BCUT2D eigenvalue weighted by molar-refractivity contribution is 5.66. The minimum absolute atomic E-state index is 0.247. The molecule has 0 aliphatic carbocycles. The van der Waals surface area contributed by atoms with E-state index in [0.717, 1.165) is 5.56 Å². The second-order valence-electron chi connectivity index (χ2n) is 4.44. The summed E-state index contributed by atoms with van der Waals surface area (Å²) in [7, 11) is 0. The summed E-state index contributed by atoms with van der Waals surface area (Å²) in [5.41, 5.74) is 2.41. The molecule has 0 atom stereocenters. The van der Waals surface area contributed by atoms with E-state index < -0.39 is 11.7 Å². The summed E-state index contributed by atoms with van der Waals surface area (Å²) in [5.74, 6) is 0. The third-order valence-corrected chi connectivity index (χ3v) is 1.65. The Hall–Kier alpha value is -1.59. The number of carbonyl (C=O) groups is 1. The largest absolute Gasteiger partial charge is 0.442 e. The highest BCUT2D eigenvalue weighted by Gasteiger charge is 2.16. The Labute approximate surface area is 101 Å². The Morgan fingerprint density at radius 2 is 1.88 bits per heavy atom. The topological polar surface area (TPSA) is 56.8 Å². The molecule has 1 aromatic rings. The van der Waals surface area contributed by atoms with Crippen LogP contribution in [-0.4, -0.2) is 11.7 Å². The monoisotopic (exact) mass is 239 g/mol. The fraction of sp³-hybridized carbons (Fsp3) is 0.417. The normalized spacial score (nSPS) is 11.0. The maximum absolute atomic E-state index is 11.1. The summed E-state index contributed by atoms with van der Waals surface area (Å²) in [6, 6.07) is 9.46.